The molecule has 21 atom stereocenters. The molecule has 0 aromatic rings. The molecule has 9 nitrogen and oxygen atoms in total. The van der Waals surface area contributed by atoms with Crippen LogP contribution >= 0.6 is 0 Å². The molecule has 64 heavy (non-hydrogen) atoms. The maximum atomic E-state index is 13.8. The van der Waals surface area contributed by atoms with Crippen molar-refractivity contribution >= 4 is 11.9 Å². The number of ether oxygens (including phenoxy) is 2. The third-order valence-electron chi connectivity index (χ3n) is 18.9. The van der Waals surface area contributed by atoms with Crippen LogP contribution in [0.1, 0.15) is 166 Å². The number of carbonyl (C=O) groups excluding carboxylic acids is 2. The number of esters is 2. The first-order valence-electron chi connectivity index (χ1n) is 26.8. The van der Waals surface area contributed by atoms with Crippen LogP contribution in [0.15, 0.2) is 24.3 Å². The van der Waals surface area contributed by atoms with E-state index in [1.165, 1.54) is 64.0 Å². The average molecular weight is 893 g/mol. The van der Waals surface area contributed by atoms with Crippen LogP contribution in [-0.2, 0) is 19.1 Å². The minimum atomic E-state index is -0.789. The number of aliphatic hydroxyl groups excluding tert-OH is 1. The van der Waals surface area contributed by atoms with Crippen molar-refractivity contribution in [3.8, 4) is 0 Å². The predicted octanol–water partition coefficient (Wildman–Crippen LogP) is 9.63. The van der Waals surface area contributed by atoms with Gasteiger partial charge in [-0.3, -0.25) is 9.59 Å². The molecule has 5 saturated heterocycles. The van der Waals surface area contributed by atoms with Crippen LogP contribution in [0.2, 0.25) is 0 Å². The van der Waals surface area contributed by atoms with Crippen LogP contribution in [0.3, 0.4) is 0 Å². The standard InChI is InChI=1S/C55H96N4O5/c1-13-39-35(8)42-28-44-37(10)41(24-25-48(60)64-27-26-34(7)23-17-22-33(6)21-16-20-32(5)19-15-18-31(3)4)52(58-44)50-51(55(62)63-12)54(61)49-38(11)45(59-53(49)50)30-47-40(14-2)36(9)43(57-47)29-46(39)56-42/h13,26,31-33,35-47,49-54,56-59,61H,1,14-25,27-30H2,2-12H3/t32-,33-,35?,36?,37?,38?,39?,40?,41?,42?,43?,44?,45?,46?,47?,49?,50?,51?,52?,53?,54?/m1/s1. The molecule has 5 heterocycles. The van der Waals surface area contributed by atoms with Crippen LogP contribution in [0.5, 0.6) is 0 Å². The van der Waals surface area contributed by atoms with Gasteiger partial charge in [-0.1, -0.05) is 125 Å². The lowest BCUT2D eigenvalue weighted by molar-refractivity contribution is -0.152. The molecule has 0 amide bonds. The van der Waals surface area contributed by atoms with Gasteiger partial charge in [-0.25, -0.2) is 0 Å². The highest BCUT2D eigenvalue weighted by Gasteiger charge is 2.64. The zero-order valence-corrected chi connectivity index (χ0v) is 42.5. The van der Waals surface area contributed by atoms with E-state index in [0.29, 0.717) is 67.3 Å². The third kappa shape index (κ3) is 11.9. The third-order valence-corrected chi connectivity index (χ3v) is 18.9. The summed E-state index contributed by atoms with van der Waals surface area (Å²) in [5.41, 5.74) is 1.30. The summed E-state index contributed by atoms with van der Waals surface area (Å²) in [5.74, 6) is 3.68. The Morgan fingerprint density at radius 1 is 0.703 bits per heavy atom. The molecule has 1 saturated carbocycles. The van der Waals surface area contributed by atoms with Gasteiger partial charge in [0.1, 0.15) is 6.61 Å². The molecular weight excluding hydrogens is 797 g/mol. The van der Waals surface area contributed by atoms with E-state index in [0.717, 1.165) is 49.9 Å². The summed E-state index contributed by atoms with van der Waals surface area (Å²) < 4.78 is 11.4. The predicted molar refractivity (Wildman–Crippen MR) is 261 cm³/mol. The Labute approximate surface area is 391 Å². The van der Waals surface area contributed by atoms with Crippen molar-refractivity contribution in [1.82, 2.24) is 21.3 Å². The van der Waals surface area contributed by atoms with E-state index in [9.17, 15) is 14.7 Å². The fourth-order valence-corrected chi connectivity index (χ4v) is 14.8. The minimum absolute atomic E-state index is 0.0260. The Morgan fingerprint density at radius 3 is 1.92 bits per heavy atom. The normalized spacial score (nSPS) is 41.6. The highest BCUT2D eigenvalue weighted by atomic mass is 16.5. The van der Waals surface area contributed by atoms with E-state index in [2.05, 4.69) is 109 Å². The SMILES string of the molecule is C=CC1C2CC3NC(CC4NC5C(C4C)C(O)C(C(=O)OC)C5C4NC(CC(N2)C1C)C(C)C4CCC(=O)OCC=C(C)CCC[C@H](C)CCC[C@H](C)CCCC(C)C)C(CC)C3C. The molecule has 19 unspecified atom stereocenters. The van der Waals surface area contributed by atoms with E-state index in [1.807, 2.05) is 0 Å². The van der Waals surface area contributed by atoms with Crippen LogP contribution < -0.4 is 21.3 Å². The second-order valence-electron chi connectivity index (χ2n) is 23.4. The van der Waals surface area contributed by atoms with Crippen molar-refractivity contribution in [3.05, 3.63) is 24.3 Å². The number of carbonyl (C=O) groups is 2. The summed E-state index contributed by atoms with van der Waals surface area (Å²) in [6.07, 6.45) is 20.3. The van der Waals surface area contributed by atoms with Crippen LogP contribution in [-0.4, -0.2) is 85.2 Å². The Kier molecular flexibility index (Phi) is 18.9. The topological polar surface area (TPSA) is 121 Å². The molecular formula is C55H96N4O5. The van der Waals surface area contributed by atoms with Gasteiger partial charge in [-0.2, -0.15) is 0 Å². The molecule has 366 valence electrons. The van der Waals surface area contributed by atoms with Gasteiger partial charge in [0.2, 0.25) is 0 Å². The van der Waals surface area contributed by atoms with E-state index in [1.54, 1.807) is 0 Å². The van der Waals surface area contributed by atoms with Crippen LogP contribution in [0.25, 0.3) is 0 Å². The fourth-order valence-electron chi connectivity index (χ4n) is 14.8. The number of methoxy groups -OCH3 is 1. The van der Waals surface area contributed by atoms with Gasteiger partial charge < -0.3 is 35.8 Å². The lowest BCUT2D eigenvalue weighted by atomic mass is 9.75. The van der Waals surface area contributed by atoms with Crippen LogP contribution in [0, 0.1) is 76.9 Å². The first-order valence-corrected chi connectivity index (χ1v) is 26.8. The molecule has 0 aromatic heterocycles. The minimum Gasteiger partial charge on any atom is -0.469 e. The highest BCUT2D eigenvalue weighted by molar-refractivity contribution is 5.74. The quantitative estimate of drug-likeness (QED) is 0.0602. The zero-order chi connectivity index (χ0) is 46.4. The fraction of sp³-hybridized carbons (Fsp3) is 0.891. The van der Waals surface area contributed by atoms with Crippen molar-refractivity contribution in [2.45, 2.75) is 220 Å². The largest absolute Gasteiger partial charge is 0.469 e. The molecule has 0 spiro atoms. The monoisotopic (exact) mass is 893 g/mol. The maximum Gasteiger partial charge on any atom is 0.311 e. The van der Waals surface area contributed by atoms with Gasteiger partial charge in [0.05, 0.1) is 19.1 Å². The first-order chi connectivity index (χ1) is 30.6. The van der Waals surface area contributed by atoms with Gasteiger partial charge in [-0.05, 0) is 111 Å². The second kappa shape index (κ2) is 23.5. The Balaban J connectivity index is 1.10. The molecule has 6 rings (SSSR count). The summed E-state index contributed by atoms with van der Waals surface area (Å²) in [5, 5.41) is 28.8. The van der Waals surface area contributed by atoms with E-state index in [4.69, 9.17) is 9.47 Å². The summed E-state index contributed by atoms with van der Waals surface area (Å²) in [6.45, 7) is 28.2. The molecule has 1 aliphatic carbocycles. The number of rotatable bonds is 20. The van der Waals surface area contributed by atoms with Crippen molar-refractivity contribution in [2.75, 3.05) is 13.7 Å². The molecule has 5 aliphatic heterocycles. The molecule has 6 aliphatic rings. The second-order valence-corrected chi connectivity index (χ2v) is 23.4. The van der Waals surface area contributed by atoms with Gasteiger partial charge in [0.25, 0.3) is 0 Å². The number of aliphatic hydroxyl groups is 1. The number of fused-ring (bicyclic) bond motifs is 8. The van der Waals surface area contributed by atoms with Crippen molar-refractivity contribution < 1.29 is 24.2 Å². The highest BCUT2D eigenvalue weighted by Crippen LogP contribution is 2.53. The number of hydrogen-bond donors (Lipinski definition) is 5. The summed E-state index contributed by atoms with van der Waals surface area (Å²) >= 11 is 0. The first kappa shape index (κ1) is 51.6. The summed E-state index contributed by atoms with van der Waals surface area (Å²) in [4.78, 5) is 27.3. The molecule has 0 aromatic carbocycles. The van der Waals surface area contributed by atoms with Crippen molar-refractivity contribution in [1.29, 1.82) is 0 Å². The number of nitrogens with one attached hydrogen (secondary N) is 4. The zero-order valence-electron chi connectivity index (χ0n) is 42.5. The smallest absolute Gasteiger partial charge is 0.311 e. The maximum absolute atomic E-state index is 13.8. The van der Waals surface area contributed by atoms with E-state index in [-0.39, 0.29) is 65.7 Å². The van der Waals surface area contributed by atoms with Gasteiger partial charge in [-0.15, -0.1) is 6.58 Å². The van der Waals surface area contributed by atoms with Crippen LogP contribution in [0.4, 0.5) is 0 Å². The summed E-state index contributed by atoms with van der Waals surface area (Å²) in [7, 11) is 1.46. The van der Waals surface area contributed by atoms with E-state index >= 15 is 0 Å². The molecule has 0 radical (unpaired) electrons. The molecule has 5 N–H and O–H groups in total. The number of allylic oxidation sites excluding steroid dienone is 1. The lowest BCUT2D eigenvalue weighted by Crippen LogP contribution is -2.52. The average Bonchev–Trinajstić information content (AvgIpc) is 3.99. The van der Waals surface area contributed by atoms with Crippen molar-refractivity contribution in [3.63, 3.8) is 0 Å². The molecule has 8 bridgehead atoms. The van der Waals surface area contributed by atoms with Gasteiger partial charge >= 0.3 is 11.9 Å². The Bertz CT molecular complexity index is 1540. The molecule has 6 fully saturated rings. The van der Waals surface area contributed by atoms with Gasteiger partial charge in [0, 0.05) is 66.6 Å². The molecule has 9 heteroatoms. The summed E-state index contributed by atoms with van der Waals surface area (Å²) in [6, 6.07) is 1.87. The van der Waals surface area contributed by atoms with Crippen molar-refractivity contribution in [2.24, 2.45) is 76.9 Å². The Morgan fingerprint density at radius 2 is 1.27 bits per heavy atom. The number of hydrogen-bond acceptors (Lipinski definition) is 9. The van der Waals surface area contributed by atoms with Gasteiger partial charge in [0.15, 0.2) is 0 Å². The van der Waals surface area contributed by atoms with E-state index < -0.39 is 12.0 Å². The Hall–Kier alpha value is -1.78. The lowest BCUT2D eigenvalue weighted by Gasteiger charge is -2.35.